The summed E-state index contributed by atoms with van der Waals surface area (Å²) in [6.45, 7) is 1.59. The predicted octanol–water partition coefficient (Wildman–Crippen LogP) is 1.53. The number of nitro groups is 1. The van der Waals surface area contributed by atoms with E-state index in [0.717, 1.165) is 0 Å². The van der Waals surface area contributed by atoms with E-state index in [2.05, 4.69) is 0 Å². The monoisotopic (exact) mass is 250 g/mol. The molecule has 0 heterocycles. The molecule has 0 aliphatic rings. The molecule has 0 N–H and O–H groups in total. The van der Waals surface area contributed by atoms with E-state index in [1.54, 1.807) is 19.2 Å². The van der Waals surface area contributed by atoms with Gasteiger partial charge in [-0.1, -0.05) is 12.1 Å². The van der Waals surface area contributed by atoms with Gasteiger partial charge >= 0.3 is 0 Å². The average molecular weight is 250 g/mol. The summed E-state index contributed by atoms with van der Waals surface area (Å²) < 4.78 is 0. The van der Waals surface area contributed by atoms with E-state index < -0.39 is 4.92 Å². The maximum Gasteiger partial charge on any atom is 0.269 e. The van der Waals surface area contributed by atoms with Crippen molar-refractivity contribution in [3.63, 3.8) is 0 Å². The number of ketones is 1. The van der Waals surface area contributed by atoms with Crippen LogP contribution in [0, 0.1) is 10.1 Å². The van der Waals surface area contributed by atoms with Crippen molar-refractivity contribution in [3.05, 3.63) is 39.9 Å². The number of carbonyl (C=O) groups excluding carboxylic acids is 2. The molecule has 1 aromatic carbocycles. The molecule has 0 radical (unpaired) electrons. The fourth-order valence-corrected chi connectivity index (χ4v) is 1.48. The van der Waals surface area contributed by atoms with Gasteiger partial charge in [0.2, 0.25) is 5.91 Å². The minimum Gasteiger partial charge on any atom is -0.341 e. The summed E-state index contributed by atoms with van der Waals surface area (Å²) in [4.78, 5) is 33.9. The lowest BCUT2D eigenvalue weighted by Gasteiger charge is -2.16. The molecular formula is C12H14N2O4. The molecular weight excluding hydrogens is 236 g/mol. The zero-order valence-electron chi connectivity index (χ0n) is 10.3. The second kappa shape index (κ2) is 5.90. The summed E-state index contributed by atoms with van der Waals surface area (Å²) in [5.74, 6) is -0.500. The van der Waals surface area contributed by atoms with Gasteiger partial charge in [0.1, 0.15) is 5.78 Å². The standard InChI is InChI=1S/C12H14N2O4/c1-9(15)6-12(16)13(2)8-10-4-3-5-11(7-10)14(17)18/h3-5,7H,6,8H2,1-2H3. The molecule has 0 aliphatic carbocycles. The van der Waals surface area contributed by atoms with Crippen LogP contribution < -0.4 is 0 Å². The first-order chi connectivity index (χ1) is 8.40. The zero-order valence-corrected chi connectivity index (χ0v) is 10.3. The molecule has 0 saturated heterocycles. The Bertz CT molecular complexity index is 485. The third-order valence-corrected chi connectivity index (χ3v) is 2.37. The quantitative estimate of drug-likeness (QED) is 0.451. The first kappa shape index (κ1) is 13.8. The molecule has 96 valence electrons. The highest BCUT2D eigenvalue weighted by molar-refractivity contribution is 5.96. The predicted molar refractivity (Wildman–Crippen MR) is 64.9 cm³/mol. The highest BCUT2D eigenvalue weighted by Crippen LogP contribution is 2.14. The van der Waals surface area contributed by atoms with Crippen molar-refractivity contribution in [1.82, 2.24) is 4.90 Å². The molecule has 1 rings (SSSR count). The van der Waals surface area contributed by atoms with E-state index in [1.807, 2.05) is 0 Å². The van der Waals surface area contributed by atoms with Gasteiger partial charge in [-0.05, 0) is 12.5 Å². The van der Waals surface area contributed by atoms with Gasteiger partial charge in [-0.25, -0.2) is 0 Å². The summed E-state index contributed by atoms with van der Waals surface area (Å²) in [5, 5.41) is 10.6. The Morgan fingerprint density at radius 3 is 2.61 bits per heavy atom. The third kappa shape index (κ3) is 3.97. The summed E-state index contributed by atoms with van der Waals surface area (Å²) in [6, 6.07) is 6.07. The van der Waals surface area contributed by atoms with Crippen LogP contribution in [0.2, 0.25) is 0 Å². The smallest absolute Gasteiger partial charge is 0.269 e. The Labute approximate surface area is 104 Å². The summed E-state index contributed by atoms with van der Waals surface area (Å²) in [5.41, 5.74) is 0.642. The van der Waals surface area contributed by atoms with Gasteiger partial charge < -0.3 is 4.90 Å². The number of benzene rings is 1. The molecule has 0 saturated carbocycles. The number of nitro benzene ring substituents is 1. The van der Waals surface area contributed by atoms with Crippen LogP contribution in [0.5, 0.6) is 0 Å². The lowest BCUT2D eigenvalue weighted by atomic mass is 10.2. The zero-order chi connectivity index (χ0) is 13.7. The van der Waals surface area contributed by atoms with Gasteiger partial charge in [-0.15, -0.1) is 0 Å². The number of Topliss-reactive ketones (excluding diaryl/α,β-unsaturated/α-hetero) is 1. The van der Waals surface area contributed by atoms with E-state index >= 15 is 0 Å². The number of hydrogen-bond acceptors (Lipinski definition) is 4. The van der Waals surface area contributed by atoms with Gasteiger partial charge in [0.15, 0.2) is 0 Å². The first-order valence-electron chi connectivity index (χ1n) is 5.37. The topological polar surface area (TPSA) is 80.5 Å². The van der Waals surface area contributed by atoms with Crippen LogP contribution >= 0.6 is 0 Å². The van der Waals surface area contributed by atoms with Crippen molar-refractivity contribution in [2.24, 2.45) is 0 Å². The molecule has 0 atom stereocenters. The number of hydrogen-bond donors (Lipinski definition) is 0. The van der Waals surface area contributed by atoms with Crippen LogP contribution in [0.25, 0.3) is 0 Å². The van der Waals surface area contributed by atoms with Crippen molar-refractivity contribution in [3.8, 4) is 0 Å². The molecule has 0 unspecified atom stereocenters. The van der Waals surface area contributed by atoms with E-state index in [4.69, 9.17) is 0 Å². The molecule has 0 fully saturated rings. The van der Waals surface area contributed by atoms with E-state index in [9.17, 15) is 19.7 Å². The fraction of sp³-hybridized carbons (Fsp3) is 0.333. The normalized spacial score (nSPS) is 9.89. The van der Waals surface area contributed by atoms with Crippen LogP contribution in [0.3, 0.4) is 0 Å². The number of nitrogens with zero attached hydrogens (tertiary/aromatic N) is 2. The second-order valence-electron chi connectivity index (χ2n) is 4.06. The highest BCUT2D eigenvalue weighted by atomic mass is 16.6. The van der Waals surface area contributed by atoms with Crippen molar-refractivity contribution >= 4 is 17.4 Å². The van der Waals surface area contributed by atoms with Crippen molar-refractivity contribution < 1.29 is 14.5 Å². The maximum absolute atomic E-state index is 11.5. The minimum absolute atomic E-state index is 0.0140. The summed E-state index contributed by atoms with van der Waals surface area (Å²) in [6.07, 6.45) is -0.147. The number of amides is 1. The highest BCUT2D eigenvalue weighted by Gasteiger charge is 2.13. The van der Waals surface area contributed by atoms with Gasteiger partial charge in [0.05, 0.1) is 11.3 Å². The van der Waals surface area contributed by atoms with Gasteiger partial charge in [0, 0.05) is 25.7 Å². The molecule has 6 nitrogen and oxygen atoms in total. The SMILES string of the molecule is CC(=O)CC(=O)N(C)Cc1cccc([N+](=O)[O-])c1. The van der Waals surface area contributed by atoms with E-state index in [-0.39, 0.29) is 30.3 Å². The Kier molecular flexibility index (Phi) is 4.53. The van der Waals surface area contributed by atoms with Crippen molar-refractivity contribution in [2.75, 3.05) is 7.05 Å². The second-order valence-corrected chi connectivity index (χ2v) is 4.06. The van der Waals surface area contributed by atoms with Crippen molar-refractivity contribution in [1.29, 1.82) is 0 Å². The van der Waals surface area contributed by atoms with E-state index in [1.165, 1.54) is 24.0 Å². The number of rotatable bonds is 5. The minimum atomic E-state index is -0.485. The van der Waals surface area contributed by atoms with Crippen LogP contribution in [0.15, 0.2) is 24.3 Å². The molecule has 1 aromatic rings. The molecule has 0 aliphatic heterocycles. The number of carbonyl (C=O) groups is 2. The third-order valence-electron chi connectivity index (χ3n) is 2.37. The molecule has 0 bridgehead atoms. The average Bonchev–Trinajstić information content (AvgIpc) is 2.28. The molecule has 0 aromatic heterocycles. The Hall–Kier alpha value is -2.24. The lowest BCUT2D eigenvalue weighted by molar-refractivity contribution is -0.384. The Morgan fingerprint density at radius 1 is 1.39 bits per heavy atom. The maximum atomic E-state index is 11.5. The fourth-order valence-electron chi connectivity index (χ4n) is 1.48. The van der Waals surface area contributed by atoms with Crippen LogP contribution in [0.1, 0.15) is 18.9 Å². The lowest BCUT2D eigenvalue weighted by Crippen LogP contribution is -2.27. The Balaban J connectivity index is 2.72. The molecule has 1 amide bonds. The van der Waals surface area contributed by atoms with Gasteiger partial charge in [-0.2, -0.15) is 0 Å². The molecule has 18 heavy (non-hydrogen) atoms. The van der Waals surface area contributed by atoms with Crippen molar-refractivity contribution in [2.45, 2.75) is 19.9 Å². The first-order valence-corrected chi connectivity index (χ1v) is 5.37. The molecule has 6 heteroatoms. The van der Waals surface area contributed by atoms with Gasteiger partial charge in [-0.3, -0.25) is 19.7 Å². The summed E-state index contributed by atoms with van der Waals surface area (Å²) in [7, 11) is 1.56. The van der Waals surface area contributed by atoms with E-state index in [0.29, 0.717) is 5.56 Å². The summed E-state index contributed by atoms with van der Waals surface area (Å²) >= 11 is 0. The largest absolute Gasteiger partial charge is 0.341 e. The Morgan fingerprint density at radius 2 is 2.06 bits per heavy atom. The van der Waals surface area contributed by atoms with Crippen LogP contribution in [0.4, 0.5) is 5.69 Å². The van der Waals surface area contributed by atoms with Crippen LogP contribution in [-0.2, 0) is 16.1 Å². The number of non-ortho nitro benzene ring substituents is 1. The molecule has 0 spiro atoms. The van der Waals surface area contributed by atoms with Crippen LogP contribution in [-0.4, -0.2) is 28.6 Å². The van der Waals surface area contributed by atoms with Gasteiger partial charge in [0.25, 0.3) is 5.69 Å².